The number of nitrogens with zero attached hydrogens (tertiary/aromatic N) is 5. The molecule has 4 aromatic rings. The van der Waals surface area contributed by atoms with E-state index in [9.17, 15) is 9.59 Å². The minimum Gasteiger partial charge on any atom is -0.363 e. The number of carbonyl (C=O) groups is 2. The molecule has 1 aliphatic rings. The topological polar surface area (TPSA) is 106 Å². The minimum atomic E-state index is -0.655. The maximum absolute atomic E-state index is 13.0. The third-order valence-electron chi connectivity index (χ3n) is 5.80. The number of aromatic nitrogens is 4. The Morgan fingerprint density at radius 3 is 2.19 bits per heavy atom. The Bertz CT molecular complexity index is 1290. The summed E-state index contributed by atoms with van der Waals surface area (Å²) in [5, 5.41) is 4.52. The molecule has 0 unspecified atom stereocenters. The van der Waals surface area contributed by atoms with Crippen molar-refractivity contribution in [2.24, 2.45) is 5.73 Å². The molecule has 160 valence electrons. The molecule has 0 atom stereocenters. The molecular weight excluding hydrogens is 404 g/mol. The van der Waals surface area contributed by atoms with Crippen LogP contribution in [0.25, 0.3) is 27.9 Å². The van der Waals surface area contributed by atoms with Crippen LogP contribution in [0.15, 0.2) is 61.1 Å². The summed E-state index contributed by atoms with van der Waals surface area (Å²) in [7, 11) is 0. The lowest BCUT2D eigenvalue weighted by molar-refractivity contribution is 0.0726. The fourth-order valence-electron chi connectivity index (χ4n) is 4.10. The molecule has 2 N–H and O–H groups in total. The number of benzene rings is 1. The molecule has 8 nitrogen and oxygen atoms in total. The van der Waals surface area contributed by atoms with E-state index >= 15 is 0 Å². The van der Waals surface area contributed by atoms with Crippen LogP contribution in [0.3, 0.4) is 0 Å². The van der Waals surface area contributed by atoms with Gasteiger partial charge in [0.15, 0.2) is 0 Å². The maximum Gasteiger partial charge on any atom is 0.286 e. The van der Waals surface area contributed by atoms with Crippen LogP contribution in [0.4, 0.5) is 0 Å². The van der Waals surface area contributed by atoms with E-state index in [1.807, 2.05) is 51.9 Å². The molecule has 0 aliphatic carbocycles. The van der Waals surface area contributed by atoms with Crippen LogP contribution in [0.1, 0.15) is 40.2 Å². The number of carbonyl (C=O) groups excluding carboxylic acids is 2. The van der Waals surface area contributed by atoms with E-state index in [-0.39, 0.29) is 11.7 Å². The summed E-state index contributed by atoms with van der Waals surface area (Å²) in [5.74, 6) is -0.616. The summed E-state index contributed by atoms with van der Waals surface area (Å²) in [6.45, 7) is 1.61. The molecule has 0 bridgehead atoms. The maximum atomic E-state index is 13.0. The quantitative estimate of drug-likeness (QED) is 0.539. The van der Waals surface area contributed by atoms with Gasteiger partial charge in [0.1, 0.15) is 0 Å². The Hall–Kier alpha value is -4.07. The van der Waals surface area contributed by atoms with Crippen molar-refractivity contribution in [3.8, 4) is 22.4 Å². The number of piperidine rings is 1. The first-order valence-electron chi connectivity index (χ1n) is 10.6. The average Bonchev–Trinajstić information content (AvgIpc) is 3.29. The third-order valence-corrected chi connectivity index (χ3v) is 5.80. The van der Waals surface area contributed by atoms with Gasteiger partial charge in [-0.2, -0.15) is 5.10 Å². The molecule has 2 amide bonds. The second kappa shape index (κ2) is 8.22. The Morgan fingerprint density at radius 2 is 1.50 bits per heavy atom. The molecule has 1 saturated heterocycles. The van der Waals surface area contributed by atoms with Gasteiger partial charge in [-0.1, -0.05) is 30.3 Å². The van der Waals surface area contributed by atoms with Crippen LogP contribution >= 0.6 is 0 Å². The van der Waals surface area contributed by atoms with Crippen molar-refractivity contribution >= 4 is 17.3 Å². The minimum absolute atomic E-state index is 0.00867. The second-order valence-corrected chi connectivity index (χ2v) is 7.86. The highest BCUT2D eigenvalue weighted by atomic mass is 16.2. The number of fused-ring (bicyclic) bond motifs is 1. The average molecular weight is 426 g/mol. The summed E-state index contributed by atoms with van der Waals surface area (Å²) in [5.41, 5.74) is 10.2. The van der Waals surface area contributed by atoms with Crippen LogP contribution in [-0.4, -0.2) is 49.4 Å². The SMILES string of the molecule is NC(=O)c1ncc(-c2ccc(-c3cccc4c(C(=O)N5CCCCC5)cnn34)cc2)cn1. The van der Waals surface area contributed by atoms with E-state index in [1.54, 1.807) is 18.6 Å². The highest BCUT2D eigenvalue weighted by Gasteiger charge is 2.22. The zero-order valence-electron chi connectivity index (χ0n) is 17.4. The van der Waals surface area contributed by atoms with Gasteiger partial charge in [0.05, 0.1) is 23.0 Å². The molecule has 0 spiro atoms. The first-order chi connectivity index (χ1) is 15.6. The number of rotatable bonds is 4. The Labute approximate surface area is 184 Å². The molecule has 8 heteroatoms. The predicted octanol–water partition coefficient (Wildman–Crippen LogP) is 3.18. The van der Waals surface area contributed by atoms with Gasteiger partial charge in [-0.3, -0.25) is 9.59 Å². The highest BCUT2D eigenvalue weighted by Crippen LogP contribution is 2.26. The van der Waals surface area contributed by atoms with Crippen molar-refractivity contribution < 1.29 is 9.59 Å². The van der Waals surface area contributed by atoms with Gasteiger partial charge >= 0.3 is 0 Å². The van der Waals surface area contributed by atoms with Crippen LogP contribution in [0.2, 0.25) is 0 Å². The number of nitrogens with two attached hydrogens (primary N) is 1. The molecule has 32 heavy (non-hydrogen) atoms. The summed E-state index contributed by atoms with van der Waals surface area (Å²) in [4.78, 5) is 34.1. The smallest absolute Gasteiger partial charge is 0.286 e. The molecular formula is C24H22N6O2. The molecule has 1 aromatic carbocycles. The Kier molecular flexibility index (Phi) is 5.10. The summed E-state index contributed by atoms with van der Waals surface area (Å²) >= 11 is 0. The van der Waals surface area contributed by atoms with E-state index in [1.165, 1.54) is 6.42 Å². The monoisotopic (exact) mass is 426 g/mol. The number of primary amides is 1. The van der Waals surface area contributed by atoms with E-state index < -0.39 is 5.91 Å². The van der Waals surface area contributed by atoms with Crippen molar-refractivity contribution in [1.29, 1.82) is 0 Å². The van der Waals surface area contributed by atoms with Crippen LogP contribution in [0.5, 0.6) is 0 Å². The van der Waals surface area contributed by atoms with Gasteiger partial charge in [0, 0.05) is 36.6 Å². The number of hydrogen-bond donors (Lipinski definition) is 1. The van der Waals surface area contributed by atoms with Gasteiger partial charge in [-0.05, 0) is 37.0 Å². The van der Waals surface area contributed by atoms with Crippen LogP contribution < -0.4 is 5.73 Å². The van der Waals surface area contributed by atoms with Crippen molar-refractivity contribution in [2.45, 2.75) is 19.3 Å². The van der Waals surface area contributed by atoms with Crippen molar-refractivity contribution in [3.63, 3.8) is 0 Å². The molecule has 1 aliphatic heterocycles. The fourth-order valence-corrected chi connectivity index (χ4v) is 4.10. The van der Waals surface area contributed by atoms with E-state index in [2.05, 4.69) is 15.1 Å². The van der Waals surface area contributed by atoms with Gasteiger partial charge in [-0.25, -0.2) is 14.5 Å². The van der Waals surface area contributed by atoms with Crippen molar-refractivity contribution in [3.05, 3.63) is 72.4 Å². The third kappa shape index (κ3) is 3.60. The zero-order valence-corrected chi connectivity index (χ0v) is 17.4. The first kappa shape index (κ1) is 19.9. The van der Waals surface area contributed by atoms with Gasteiger partial charge in [0.25, 0.3) is 11.8 Å². The highest BCUT2D eigenvalue weighted by molar-refractivity contribution is 6.01. The number of hydrogen-bond acceptors (Lipinski definition) is 5. The molecule has 1 fully saturated rings. The van der Waals surface area contributed by atoms with Gasteiger partial charge in [0.2, 0.25) is 5.82 Å². The Balaban J connectivity index is 1.45. The van der Waals surface area contributed by atoms with E-state index in [0.717, 1.165) is 53.8 Å². The van der Waals surface area contributed by atoms with Crippen molar-refractivity contribution in [1.82, 2.24) is 24.5 Å². The van der Waals surface area contributed by atoms with E-state index in [0.29, 0.717) is 5.56 Å². The van der Waals surface area contributed by atoms with Gasteiger partial charge < -0.3 is 10.6 Å². The normalized spacial score (nSPS) is 13.9. The largest absolute Gasteiger partial charge is 0.363 e. The number of pyridine rings is 1. The lowest BCUT2D eigenvalue weighted by Gasteiger charge is -2.26. The fraction of sp³-hybridized carbons (Fsp3) is 0.208. The molecule has 5 rings (SSSR count). The first-order valence-corrected chi connectivity index (χ1v) is 10.6. The summed E-state index contributed by atoms with van der Waals surface area (Å²) in [6, 6.07) is 13.7. The number of likely N-dealkylation sites (tertiary alicyclic amines) is 1. The molecule has 0 radical (unpaired) electrons. The number of amides is 2. The van der Waals surface area contributed by atoms with Crippen LogP contribution in [-0.2, 0) is 0 Å². The van der Waals surface area contributed by atoms with E-state index in [4.69, 9.17) is 5.73 Å². The Morgan fingerprint density at radius 1 is 0.812 bits per heavy atom. The van der Waals surface area contributed by atoms with Crippen molar-refractivity contribution in [2.75, 3.05) is 13.1 Å². The summed E-state index contributed by atoms with van der Waals surface area (Å²) in [6.07, 6.45) is 8.11. The second-order valence-electron chi connectivity index (χ2n) is 7.86. The molecule has 4 heterocycles. The predicted molar refractivity (Wildman–Crippen MR) is 120 cm³/mol. The standard InChI is InChI=1S/C24H22N6O2/c25-22(31)23-26-13-18(14-27-23)16-7-9-17(10-8-16)20-5-4-6-21-19(15-28-30(20)21)24(32)29-11-2-1-3-12-29/h4-10,13-15H,1-3,11-12H2,(H2,25,31). The lowest BCUT2D eigenvalue weighted by atomic mass is 10.0. The van der Waals surface area contributed by atoms with Gasteiger partial charge in [-0.15, -0.1) is 0 Å². The zero-order chi connectivity index (χ0) is 22.1. The summed E-state index contributed by atoms with van der Waals surface area (Å²) < 4.78 is 1.82. The molecule has 3 aromatic heterocycles. The lowest BCUT2D eigenvalue weighted by Crippen LogP contribution is -2.35. The molecule has 0 saturated carbocycles. The van der Waals surface area contributed by atoms with Crippen LogP contribution in [0, 0.1) is 0 Å².